The number of rotatable bonds is 2. The van der Waals surface area contributed by atoms with Crippen LogP contribution in [0.2, 0.25) is 10.0 Å². The lowest BCUT2D eigenvalue weighted by Gasteiger charge is -2.07. The molecule has 0 radical (unpaired) electrons. The average molecular weight is 306 g/mol. The van der Waals surface area contributed by atoms with Crippen LogP contribution in [-0.4, -0.2) is 9.55 Å². The molecule has 0 aliphatic heterocycles. The summed E-state index contributed by atoms with van der Waals surface area (Å²) >= 11 is 12.2. The maximum atomic E-state index is 6.10. The molecule has 1 heterocycles. The van der Waals surface area contributed by atoms with Crippen molar-refractivity contribution in [1.82, 2.24) is 9.55 Å². The quantitative estimate of drug-likeness (QED) is 0.702. The highest BCUT2D eigenvalue weighted by molar-refractivity contribution is 6.33. The van der Waals surface area contributed by atoms with E-state index in [-0.39, 0.29) is 0 Å². The highest BCUT2D eigenvalue weighted by Gasteiger charge is 2.12. The summed E-state index contributed by atoms with van der Waals surface area (Å²) in [6.45, 7) is 2.87. The van der Waals surface area contributed by atoms with Crippen LogP contribution in [0.25, 0.3) is 22.4 Å². The molecule has 0 spiro atoms. The van der Waals surface area contributed by atoms with Crippen molar-refractivity contribution in [3.05, 3.63) is 46.4 Å². The molecular weight excluding hydrogens is 293 g/mol. The van der Waals surface area contributed by atoms with Crippen LogP contribution in [-0.2, 0) is 6.54 Å². The number of nitrogen functional groups attached to an aromatic ring is 1. The van der Waals surface area contributed by atoms with Crippen LogP contribution in [0.3, 0.4) is 0 Å². The molecule has 102 valence electrons. The van der Waals surface area contributed by atoms with Gasteiger partial charge in [0.15, 0.2) is 0 Å². The van der Waals surface area contributed by atoms with Gasteiger partial charge in [-0.1, -0.05) is 23.2 Å². The molecule has 3 rings (SSSR count). The summed E-state index contributed by atoms with van der Waals surface area (Å²) in [5, 5.41) is 1.24. The topological polar surface area (TPSA) is 43.8 Å². The standard InChI is InChI=1S/C15H13Cl2N3/c1-2-20-14-8-10(16)4-6-13(14)19-15(20)9-3-5-12(18)11(17)7-9/h3-8H,2,18H2,1H3. The Morgan fingerprint density at radius 3 is 2.65 bits per heavy atom. The fourth-order valence-corrected chi connectivity index (χ4v) is 2.65. The summed E-state index contributed by atoms with van der Waals surface area (Å²) in [5.41, 5.74) is 9.20. The van der Waals surface area contributed by atoms with Crippen molar-refractivity contribution in [2.24, 2.45) is 0 Å². The van der Waals surface area contributed by atoms with Gasteiger partial charge in [-0.15, -0.1) is 0 Å². The number of anilines is 1. The number of aryl methyl sites for hydroxylation is 1. The Hall–Kier alpha value is -1.71. The van der Waals surface area contributed by atoms with E-state index >= 15 is 0 Å². The van der Waals surface area contributed by atoms with E-state index in [1.165, 1.54) is 0 Å². The van der Waals surface area contributed by atoms with Crippen LogP contribution >= 0.6 is 23.2 Å². The predicted molar refractivity (Wildman–Crippen MR) is 85.3 cm³/mol. The maximum Gasteiger partial charge on any atom is 0.141 e. The van der Waals surface area contributed by atoms with Gasteiger partial charge >= 0.3 is 0 Å². The van der Waals surface area contributed by atoms with Crippen molar-refractivity contribution in [2.75, 3.05) is 5.73 Å². The van der Waals surface area contributed by atoms with Crippen LogP contribution in [0.5, 0.6) is 0 Å². The summed E-state index contributed by atoms with van der Waals surface area (Å²) < 4.78 is 2.11. The van der Waals surface area contributed by atoms with E-state index in [9.17, 15) is 0 Å². The zero-order valence-corrected chi connectivity index (χ0v) is 12.4. The Labute approximate surface area is 126 Å². The zero-order valence-electron chi connectivity index (χ0n) is 10.9. The summed E-state index contributed by atoms with van der Waals surface area (Å²) in [6, 6.07) is 11.3. The Bertz CT molecular complexity index is 793. The second-order valence-corrected chi connectivity index (χ2v) is 5.39. The zero-order chi connectivity index (χ0) is 14.3. The van der Waals surface area contributed by atoms with E-state index in [2.05, 4.69) is 16.5 Å². The van der Waals surface area contributed by atoms with E-state index in [1.807, 2.05) is 30.3 Å². The molecule has 5 heteroatoms. The first-order chi connectivity index (χ1) is 9.60. The molecule has 0 unspecified atom stereocenters. The number of aromatic nitrogens is 2. The molecule has 3 aromatic rings. The molecule has 2 aromatic carbocycles. The number of hydrogen-bond donors (Lipinski definition) is 1. The van der Waals surface area contributed by atoms with Gasteiger partial charge in [0.2, 0.25) is 0 Å². The first-order valence-corrected chi connectivity index (χ1v) is 7.07. The molecule has 3 nitrogen and oxygen atoms in total. The molecular formula is C15H13Cl2N3. The second kappa shape index (κ2) is 5.00. The molecule has 0 fully saturated rings. The number of nitrogens with two attached hydrogens (primary N) is 1. The third-order valence-corrected chi connectivity index (χ3v) is 3.85. The van der Waals surface area contributed by atoms with Crippen molar-refractivity contribution in [3.8, 4) is 11.4 Å². The minimum Gasteiger partial charge on any atom is -0.398 e. The highest BCUT2D eigenvalue weighted by Crippen LogP contribution is 2.30. The summed E-state index contributed by atoms with van der Waals surface area (Å²) in [4.78, 5) is 4.67. The number of halogens is 2. The molecule has 1 aromatic heterocycles. The van der Waals surface area contributed by atoms with Crippen LogP contribution < -0.4 is 5.73 Å². The molecule has 0 saturated carbocycles. The monoisotopic (exact) mass is 305 g/mol. The lowest BCUT2D eigenvalue weighted by molar-refractivity contribution is 0.796. The molecule has 0 atom stereocenters. The fraction of sp³-hybridized carbons (Fsp3) is 0.133. The first kappa shape index (κ1) is 13.3. The molecule has 0 bridgehead atoms. The van der Waals surface area contributed by atoms with Gasteiger partial charge in [0.25, 0.3) is 0 Å². The maximum absolute atomic E-state index is 6.10. The lowest BCUT2D eigenvalue weighted by atomic mass is 10.2. The third kappa shape index (κ3) is 2.13. The molecule has 0 amide bonds. The van der Waals surface area contributed by atoms with Crippen molar-refractivity contribution >= 4 is 39.9 Å². The smallest absolute Gasteiger partial charge is 0.141 e. The molecule has 0 aliphatic carbocycles. The van der Waals surface area contributed by atoms with Gasteiger partial charge in [-0.3, -0.25) is 0 Å². The minimum atomic E-state index is 0.537. The average Bonchev–Trinajstić information content (AvgIpc) is 2.79. The van der Waals surface area contributed by atoms with Gasteiger partial charge in [0.05, 0.1) is 21.7 Å². The third-order valence-electron chi connectivity index (χ3n) is 3.29. The van der Waals surface area contributed by atoms with Crippen LogP contribution in [0.15, 0.2) is 36.4 Å². The van der Waals surface area contributed by atoms with Crippen molar-refractivity contribution in [3.63, 3.8) is 0 Å². The van der Waals surface area contributed by atoms with E-state index in [0.29, 0.717) is 15.7 Å². The minimum absolute atomic E-state index is 0.537. The number of fused-ring (bicyclic) bond motifs is 1. The van der Waals surface area contributed by atoms with Crippen LogP contribution in [0.1, 0.15) is 6.92 Å². The Kier molecular flexibility index (Phi) is 3.32. The summed E-state index contributed by atoms with van der Waals surface area (Å²) in [7, 11) is 0. The second-order valence-electron chi connectivity index (χ2n) is 4.55. The summed E-state index contributed by atoms with van der Waals surface area (Å²) in [6.07, 6.45) is 0. The SMILES string of the molecule is CCn1c(-c2ccc(N)c(Cl)c2)nc2ccc(Cl)cc21. The van der Waals surface area contributed by atoms with E-state index < -0.39 is 0 Å². The highest BCUT2D eigenvalue weighted by atomic mass is 35.5. The van der Waals surface area contributed by atoms with Crippen LogP contribution in [0, 0.1) is 0 Å². The van der Waals surface area contributed by atoms with Crippen molar-refractivity contribution in [1.29, 1.82) is 0 Å². The Morgan fingerprint density at radius 2 is 1.95 bits per heavy atom. The van der Waals surface area contributed by atoms with Gasteiger partial charge in [-0.2, -0.15) is 0 Å². The predicted octanol–water partition coefficient (Wildman–Crippen LogP) is 4.61. The Balaban J connectivity index is 2.27. The van der Waals surface area contributed by atoms with Gasteiger partial charge in [-0.25, -0.2) is 4.98 Å². The van der Waals surface area contributed by atoms with Gasteiger partial charge < -0.3 is 10.3 Å². The Morgan fingerprint density at radius 1 is 1.15 bits per heavy atom. The van der Waals surface area contributed by atoms with Gasteiger partial charge in [-0.05, 0) is 43.3 Å². The number of hydrogen-bond acceptors (Lipinski definition) is 2. The molecule has 0 aliphatic rings. The molecule has 2 N–H and O–H groups in total. The van der Waals surface area contributed by atoms with Gasteiger partial charge in [0, 0.05) is 17.1 Å². The molecule has 20 heavy (non-hydrogen) atoms. The molecule has 0 saturated heterocycles. The van der Waals surface area contributed by atoms with E-state index in [0.717, 1.165) is 29.0 Å². The van der Waals surface area contributed by atoms with Crippen LogP contribution in [0.4, 0.5) is 5.69 Å². The number of nitrogens with zero attached hydrogens (tertiary/aromatic N) is 2. The van der Waals surface area contributed by atoms with E-state index in [4.69, 9.17) is 28.9 Å². The van der Waals surface area contributed by atoms with Crippen molar-refractivity contribution < 1.29 is 0 Å². The van der Waals surface area contributed by atoms with E-state index in [1.54, 1.807) is 6.07 Å². The normalized spacial score (nSPS) is 11.2. The summed E-state index contributed by atoms with van der Waals surface area (Å²) in [5.74, 6) is 0.867. The van der Waals surface area contributed by atoms with Gasteiger partial charge in [0.1, 0.15) is 5.82 Å². The van der Waals surface area contributed by atoms with Crippen molar-refractivity contribution in [2.45, 2.75) is 13.5 Å². The first-order valence-electron chi connectivity index (χ1n) is 6.31. The lowest BCUT2D eigenvalue weighted by Crippen LogP contribution is -1.98. The fourth-order valence-electron chi connectivity index (χ4n) is 2.30. The number of imidazole rings is 1. The largest absolute Gasteiger partial charge is 0.398 e. The number of benzene rings is 2.